The molecule has 3 nitrogen and oxygen atoms in total. The Morgan fingerprint density at radius 3 is 2.38 bits per heavy atom. The maximum Gasteiger partial charge on any atom is 0.237 e. The number of nitrogens with one attached hydrogen (secondary N) is 1. The summed E-state index contributed by atoms with van der Waals surface area (Å²) in [6.07, 6.45) is 6.29. The molecule has 0 aromatic heterocycles. The van der Waals surface area contributed by atoms with Gasteiger partial charge in [-0.3, -0.25) is 4.79 Å². The fourth-order valence-corrected chi connectivity index (χ4v) is 2.71. The molecule has 0 aromatic carbocycles. The van der Waals surface area contributed by atoms with Crippen molar-refractivity contribution in [2.24, 2.45) is 5.92 Å². The van der Waals surface area contributed by atoms with Crippen LogP contribution in [0.4, 0.5) is 0 Å². The van der Waals surface area contributed by atoms with Crippen LogP contribution in [0.2, 0.25) is 0 Å². The van der Waals surface area contributed by atoms with Crippen molar-refractivity contribution in [1.29, 1.82) is 0 Å². The number of carbonyl (C=O) groups excluding carboxylic acids is 1. The first-order valence-electron chi connectivity index (χ1n) is 6.70. The average Bonchev–Trinajstić information content (AvgIpc) is 3.01. The minimum absolute atomic E-state index is 0.292. The van der Waals surface area contributed by atoms with Gasteiger partial charge in [-0.05, 0) is 58.4 Å². The summed E-state index contributed by atoms with van der Waals surface area (Å²) in [5.41, 5.74) is 0. The van der Waals surface area contributed by atoms with Crippen LogP contribution in [-0.4, -0.2) is 36.0 Å². The van der Waals surface area contributed by atoms with E-state index < -0.39 is 0 Å². The highest BCUT2D eigenvalue weighted by atomic mass is 16.2. The first kappa shape index (κ1) is 11.9. The lowest BCUT2D eigenvalue weighted by molar-refractivity contribution is -0.136. The zero-order chi connectivity index (χ0) is 11.5. The average molecular weight is 224 g/mol. The zero-order valence-electron chi connectivity index (χ0n) is 10.5. The van der Waals surface area contributed by atoms with Crippen LogP contribution in [0.25, 0.3) is 0 Å². The Morgan fingerprint density at radius 2 is 1.81 bits per heavy atom. The quantitative estimate of drug-likeness (QED) is 0.789. The van der Waals surface area contributed by atoms with E-state index in [-0.39, 0.29) is 0 Å². The maximum absolute atomic E-state index is 12.1. The van der Waals surface area contributed by atoms with Crippen LogP contribution in [0.15, 0.2) is 0 Å². The van der Waals surface area contributed by atoms with E-state index in [0.717, 1.165) is 12.5 Å². The Kier molecular flexibility index (Phi) is 3.85. The molecule has 2 aliphatic rings. The molecule has 0 spiro atoms. The normalized spacial score (nSPS) is 30.5. The minimum Gasteiger partial charge on any atom is -0.336 e. The molecule has 1 heterocycles. The van der Waals surface area contributed by atoms with Gasteiger partial charge in [0.25, 0.3) is 0 Å². The molecule has 1 N–H and O–H groups in total. The highest BCUT2D eigenvalue weighted by molar-refractivity contribution is 5.79. The third kappa shape index (κ3) is 2.97. The van der Waals surface area contributed by atoms with E-state index in [1.165, 1.54) is 32.1 Å². The van der Waals surface area contributed by atoms with Crippen molar-refractivity contribution in [2.45, 2.75) is 58.0 Å². The first-order chi connectivity index (χ1) is 7.68. The molecule has 2 atom stereocenters. The lowest BCUT2D eigenvalue weighted by Crippen LogP contribution is -2.50. The Labute approximate surface area is 98.6 Å². The summed E-state index contributed by atoms with van der Waals surface area (Å²) in [6, 6.07) is 0.859. The molecule has 3 heteroatoms. The molecule has 0 unspecified atom stereocenters. The van der Waals surface area contributed by atoms with Gasteiger partial charge in [-0.25, -0.2) is 0 Å². The molecule has 0 aromatic rings. The number of hydrogen-bond donors (Lipinski definition) is 1. The molecule has 1 amide bonds. The Morgan fingerprint density at radius 1 is 1.19 bits per heavy atom. The summed E-state index contributed by atoms with van der Waals surface area (Å²) >= 11 is 0. The molecule has 16 heavy (non-hydrogen) atoms. The summed E-state index contributed by atoms with van der Waals surface area (Å²) in [4.78, 5) is 14.2. The van der Waals surface area contributed by atoms with Gasteiger partial charge in [0.1, 0.15) is 0 Å². The SMILES string of the molecule is C[C@@H]1CCC[C@H](C)N1C(=O)CNCC1CC1. The van der Waals surface area contributed by atoms with E-state index >= 15 is 0 Å². The third-order valence-corrected chi connectivity index (χ3v) is 3.89. The number of likely N-dealkylation sites (tertiary alicyclic amines) is 1. The highest BCUT2D eigenvalue weighted by Crippen LogP contribution is 2.27. The van der Waals surface area contributed by atoms with Crippen molar-refractivity contribution >= 4 is 5.91 Å². The summed E-state index contributed by atoms with van der Waals surface area (Å²) in [5.74, 6) is 1.14. The van der Waals surface area contributed by atoms with Crippen LogP contribution in [0.3, 0.4) is 0 Å². The Bertz CT molecular complexity index is 240. The number of carbonyl (C=O) groups is 1. The summed E-state index contributed by atoms with van der Waals surface area (Å²) < 4.78 is 0. The summed E-state index contributed by atoms with van der Waals surface area (Å²) in [7, 11) is 0. The van der Waals surface area contributed by atoms with Crippen molar-refractivity contribution in [3.8, 4) is 0 Å². The second-order valence-electron chi connectivity index (χ2n) is 5.50. The maximum atomic E-state index is 12.1. The fourth-order valence-electron chi connectivity index (χ4n) is 2.71. The molecule has 1 saturated heterocycles. The lowest BCUT2D eigenvalue weighted by Gasteiger charge is -2.39. The lowest BCUT2D eigenvalue weighted by atomic mass is 9.97. The smallest absolute Gasteiger partial charge is 0.237 e. The summed E-state index contributed by atoms with van der Waals surface area (Å²) in [5, 5.41) is 3.29. The van der Waals surface area contributed by atoms with Crippen LogP contribution >= 0.6 is 0 Å². The predicted octanol–water partition coefficient (Wildman–Crippen LogP) is 1.78. The van der Waals surface area contributed by atoms with E-state index in [4.69, 9.17) is 0 Å². The second-order valence-corrected chi connectivity index (χ2v) is 5.50. The van der Waals surface area contributed by atoms with Gasteiger partial charge >= 0.3 is 0 Å². The van der Waals surface area contributed by atoms with Crippen molar-refractivity contribution in [3.05, 3.63) is 0 Å². The molecule has 0 radical (unpaired) electrons. The van der Waals surface area contributed by atoms with Gasteiger partial charge in [-0.15, -0.1) is 0 Å². The van der Waals surface area contributed by atoms with Gasteiger partial charge in [0.05, 0.1) is 6.54 Å². The molecule has 1 aliphatic heterocycles. The van der Waals surface area contributed by atoms with Gasteiger partial charge in [-0.1, -0.05) is 0 Å². The molecule has 2 fully saturated rings. The van der Waals surface area contributed by atoms with Gasteiger partial charge in [0.2, 0.25) is 5.91 Å². The van der Waals surface area contributed by atoms with Gasteiger partial charge < -0.3 is 10.2 Å². The van der Waals surface area contributed by atoms with Crippen molar-refractivity contribution < 1.29 is 4.79 Å². The van der Waals surface area contributed by atoms with Crippen LogP contribution in [-0.2, 0) is 4.79 Å². The molecule has 2 rings (SSSR count). The largest absolute Gasteiger partial charge is 0.336 e. The minimum atomic E-state index is 0.292. The van der Waals surface area contributed by atoms with Gasteiger partial charge in [0, 0.05) is 12.1 Å². The number of amides is 1. The van der Waals surface area contributed by atoms with Crippen LogP contribution in [0.5, 0.6) is 0 Å². The van der Waals surface area contributed by atoms with Gasteiger partial charge in [0.15, 0.2) is 0 Å². The van der Waals surface area contributed by atoms with E-state index in [0.29, 0.717) is 24.5 Å². The van der Waals surface area contributed by atoms with Crippen molar-refractivity contribution in [2.75, 3.05) is 13.1 Å². The zero-order valence-corrected chi connectivity index (χ0v) is 10.5. The molecular formula is C13H24N2O. The standard InChI is InChI=1S/C13H24N2O/c1-10-4-3-5-11(2)15(10)13(16)9-14-8-12-6-7-12/h10-12,14H,3-9H2,1-2H3/t10-,11+. The third-order valence-electron chi connectivity index (χ3n) is 3.89. The molecule has 92 valence electrons. The van der Waals surface area contributed by atoms with E-state index in [1.54, 1.807) is 0 Å². The van der Waals surface area contributed by atoms with Gasteiger partial charge in [-0.2, -0.15) is 0 Å². The molecule has 1 aliphatic carbocycles. The molecule has 0 bridgehead atoms. The van der Waals surface area contributed by atoms with Crippen LogP contribution < -0.4 is 5.32 Å². The fraction of sp³-hybridized carbons (Fsp3) is 0.923. The number of nitrogens with zero attached hydrogens (tertiary/aromatic N) is 1. The van der Waals surface area contributed by atoms with Crippen molar-refractivity contribution in [3.63, 3.8) is 0 Å². The number of piperidine rings is 1. The summed E-state index contributed by atoms with van der Waals surface area (Å²) in [6.45, 7) is 5.91. The Balaban J connectivity index is 1.76. The van der Waals surface area contributed by atoms with E-state index in [9.17, 15) is 4.79 Å². The predicted molar refractivity (Wildman–Crippen MR) is 65.2 cm³/mol. The van der Waals surface area contributed by atoms with E-state index in [1.807, 2.05) is 0 Å². The van der Waals surface area contributed by atoms with Crippen LogP contribution in [0, 0.1) is 5.92 Å². The van der Waals surface area contributed by atoms with Crippen molar-refractivity contribution in [1.82, 2.24) is 10.2 Å². The molecular weight excluding hydrogens is 200 g/mol. The second kappa shape index (κ2) is 5.17. The van der Waals surface area contributed by atoms with Crippen LogP contribution in [0.1, 0.15) is 46.0 Å². The molecule has 1 saturated carbocycles. The monoisotopic (exact) mass is 224 g/mol. The number of hydrogen-bond acceptors (Lipinski definition) is 2. The highest BCUT2D eigenvalue weighted by Gasteiger charge is 2.28. The number of rotatable bonds is 4. The topological polar surface area (TPSA) is 32.3 Å². The Hall–Kier alpha value is -0.570. The van der Waals surface area contributed by atoms with E-state index in [2.05, 4.69) is 24.1 Å². The first-order valence-corrected chi connectivity index (χ1v) is 6.70.